The van der Waals surface area contributed by atoms with Crippen molar-refractivity contribution in [2.24, 2.45) is 0 Å². The molecule has 0 aliphatic heterocycles. The van der Waals surface area contributed by atoms with Crippen molar-refractivity contribution >= 4 is 19.9 Å². The largest absolute Gasteiger partial charge is 0.169 e. The summed E-state index contributed by atoms with van der Waals surface area (Å²) in [5, 5.41) is 0. The van der Waals surface area contributed by atoms with E-state index >= 15 is 0 Å². The van der Waals surface area contributed by atoms with Gasteiger partial charge in [0.25, 0.3) is 0 Å². The molecule has 0 aromatic rings. The van der Waals surface area contributed by atoms with Gasteiger partial charge in [0.2, 0.25) is 0 Å². The Morgan fingerprint density at radius 2 is 1.67 bits per heavy atom. The SMILES string of the molecule is CCS(C)(C)Cl. The standard InChI is InChI=1S/C4H11ClS/c1-4-6(2,3)5/h4H2,1-3H3. The van der Waals surface area contributed by atoms with Gasteiger partial charge in [-0.05, 0) is 18.3 Å². The summed E-state index contributed by atoms with van der Waals surface area (Å²) in [6.45, 7) is 2.11. The Morgan fingerprint density at radius 3 is 1.67 bits per heavy atom. The van der Waals surface area contributed by atoms with Gasteiger partial charge < -0.3 is 0 Å². The summed E-state index contributed by atoms with van der Waals surface area (Å²) in [6.07, 6.45) is 4.18. The normalized spacial score (nSPS) is 14.7. The molecule has 0 unspecified atom stereocenters. The van der Waals surface area contributed by atoms with E-state index in [1.165, 1.54) is 0 Å². The minimum atomic E-state index is -0.690. The van der Waals surface area contributed by atoms with E-state index in [4.69, 9.17) is 10.7 Å². The van der Waals surface area contributed by atoms with Crippen LogP contribution in [0.1, 0.15) is 6.92 Å². The molecule has 0 rings (SSSR count). The van der Waals surface area contributed by atoms with Gasteiger partial charge in [-0.3, -0.25) is 0 Å². The summed E-state index contributed by atoms with van der Waals surface area (Å²) in [5.74, 6) is 1.12. The van der Waals surface area contributed by atoms with E-state index in [9.17, 15) is 0 Å². The maximum Gasteiger partial charge on any atom is -0.0134 e. The second kappa shape index (κ2) is 2.08. The lowest BCUT2D eigenvalue weighted by Crippen LogP contribution is -1.84. The van der Waals surface area contributed by atoms with Crippen molar-refractivity contribution in [2.45, 2.75) is 6.92 Å². The third-order valence-corrected chi connectivity index (χ3v) is 2.71. The van der Waals surface area contributed by atoms with Crippen molar-refractivity contribution < 1.29 is 0 Å². The quantitative estimate of drug-likeness (QED) is 0.506. The van der Waals surface area contributed by atoms with E-state index in [0.717, 1.165) is 5.75 Å². The van der Waals surface area contributed by atoms with Gasteiger partial charge in [0.15, 0.2) is 0 Å². The molecule has 0 saturated carbocycles. The average molecular weight is 127 g/mol. The first-order valence-corrected chi connectivity index (χ1v) is 5.41. The Bertz CT molecular complexity index is 37.3. The lowest BCUT2D eigenvalue weighted by atomic mass is 11.0. The summed E-state index contributed by atoms with van der Waals surface area (Å²) >= 11 is 0. The van der Waals surface area contributed by atoms with Crippen LogP contribution in [0.3, 0.4) is 0 Å². The van der Waals surface area contributed by atoms with Gasteiger partial charge in [-0.2, -0.15) is 9.24 Å². The average Bonchev–Trinajstić information content (AvgIpc) is 1.35. The van der Waals surface area contributed by atoms with Crippen LogP contribution in [0, 0.1) is 0 Å². The summed E-state index contributed by atoms with van der Waals surface area (Å²) in [4.78, 5) is 0. The maximum atomic E-state index is 5.80. The molecule has 0 nitrogen and oxygen atoms in total. The molecule has 0 spiro atoms. The fourth-order valence-electron chi connectivity index (χ4n) is 0. The lowest BCUT2D eigenvalue weighted by Gasteiger charge is -2.17. The Morgan fingerprint density at radius 1 is 1.50 bits per heavy atom. The van der Waals surface area contributed by atoms with Crippen LogP contribution in [0.2, 0.25) is 0 Å². The van der Waals surface area contributed by atoms with Crippen LogP contribution in [0.15, 0.2) is 0 Å². The molecule has 0 fully saturated rings. The molecular formula is C4H11ClS. The topological polar surface area (TPSA) is 0 Å². The molecule has 0 aromatic carbocycles. The molecule has 0 atom stereocenters. The molecule has 0 saturated heterocycles. The zero-order valence-corrected chi connectivity index (χ0v) is 6.07. The van der Waals surface area contributed by atoms with Crippen LogP contribution >= 0.6 is 19.9 Å². The van der Waals surface area contributed by atoms with Gasteiger partial charge in [0, 0.05) is 0 Å². The highest BCUT2D eigenvalue weighted by atomic mass is 35.7. The molecule has 0 aromatic heterocycles. The minimum absolute atomic E-state index is 0.690. The second-order valence-corrected chi connectivity index (χ2v) is 7.58. The molecule has 2 heteroatoms. The fourth-order valence-corrected chi connectivity index (χ4v) is 0. The molecule has 0 aliphatic rings. The maximum absolute atomic E-state index is 5.80. The van der Waals surface area contributed by atoms with Crippen LogP contribution in [0.5, 0.6) is 0 Å². The third kappa shape index (κ3) is 4.64. The van der Waals surface area contributed by atoms with Crippen molar-refractivity contribution in [1.29, 1.82) is 0 Å². The van der Waals surface area contributed by atoms with Crippen molar-refractivity contribution in [3.05, 3.63) is 0 Å². The highest BCUT2D eigenvalue weighted by molar-refractivity contribution is 8.50. The van der Waals surface area contributed by atoms with Gasteiger partial charge in [0.05, 0.1) is 0 Å². The first kappa shape index (κ1) is 6.64. The molecule has 6 heavy (non-hydrogen) atoms. The number of rotatable bonds is 1. The monoisotopic (exact) mass is 126 g/mol. The van der Waals surface area contributed by atoms with Crippen LogP contribution in [-0.4, -0.2) is 18.3 Å². The van der Waals surface area contributed by atoms with Gasteiger partial charge >= 0.3 is 0 Å². The number of hydrogen-bond acceptors (Lipinski definition) is 0. The summed E-state index contributed by atoms with van der Waals surface area (Å²) in [6, 6.07) is 0. The molecule has 0 heterocycles. The smallest absolute Gasteiger partial charge is 0.0134 e. The van der Waals surface area contributed by atoms with E-state index in [2.05, 4.69) is 19.4 Å². The highest BCUT2D eigenvalue weighted by Gasteiger charge is 1.98. The Balaban J connectivity index is 3.17. The first-order valence-electron chi connectivity index (χ1n) is 1.97. The molecular weight excluding hydrogens is 116 g/mol. The van der Waals surface area contributed by atoms with Crippen LogP contribution in [-0.2, 0) is 0 Å². The van der Waals surface area contributed by atoms with E-state index in [1.54, 1.807) is 0 Å². The fraction of sp³-hybridized carbons (Fsp3) is 1.00. The van der Waals surface area contributed by atoms with Gasteiger partial charge in [-0.25, -0.2) is 0 Å². The van der Waals surface area contributed by atoms with E-state index in [-0.39, 0.29) is 0 Å². The van der Waals surface area contributed by atoms with E-state index in [0.29, 0.717) is 0 Å². The number of hydrogen-bond donors (Lipinski definition) is 0. The van der Waals surface area contributed by atoms with Crippen LogP contribution < -0.4 is 0 Å². The number of halogens is 1. The summed E-state index contributed by atoms with van der Waals surface area (Å²) in [5.41, 5.74) is 0. The highest BCUT2D eigenvalue weighted by Crippen LogP contribution is 2.44. The molecule has 0 amide bonds. The zero-order chi connectivity index (χ0) is 5.21. The van der Waals surface area contributed by atoms with E-state index in [1.807, 2.05) is 0 Å². The van der Waals surface area contributed by atoms with Crippen molar-refractivity contribution in [2.75, 3.05) is 18.3 Å². The molecule has 40 valence electrons. The van der Waals surface area contributed by atoms with Crippen molar-refractivity contribution in [1.82, 2.24) is 0 Å². The Labute approximate surface area is 45.7 Å². The molecule has 0 radical (unpaired) electrons. The predicted octanol–water partition coefficient (Wildman–Crippen LogP) is 2.22. The first-order chi connectivity index (χ1) is 2.56. The zero-order valence-electron chi connectivity index (χ0n) is 4.49. The second-order valence-electron chi connectivity index (χ2n) is 1.69. The Hall–Kier alpha value is 0.640. The van der Waals surface area contributed by atoms with E-state index < -0.39 is 9.24 Å². The molecule has 0 aliphatic carbocycles. The van der Waals surface area contributed by atoms with Crippen molar-refractivity contribution in [3.8, 4) is 0 Å². The predicted molar refractivity (Wildman–Crippen MR) is 35.8 cm³/mol. The summed E-state index contributed by atoms with van der Waals surface area (Å²) < 4.78 is 0. The van der Waals surface area contributed by atoms with Gasteiger partial charge in [-0.1, -0.05) is 17.6 Å². The Kier molecular flexibility index (Phi) is 2.30. The van der Waals surface area contributed by atoms with Crippen LogP contribution in [0.25, 0.3) is 0 Å². The summed E-state index contributed by atoms with van der Waals surface area (Å²) in [7, 11) is 5.11. The third-order valence-electron chi connectivity index (χ3n) is 0.686. The lowest BCUT2D eigenvalue weighted by molar-refractivity contribution is 1.51. The minimum Gasteiger partial charge on any atom is -0.169 e. The molecule has 0 bridgehead atoms. The van der Waals surface area contributed by atoms with Gasteiger partial charge in [0.1, 0.15) is 0 Å². The van der Waals surface area contributed by atoms with Crippen molar-refractivity contribution in [3.63, 3.8) is 0 Å². The molecule has 0 N–H and O–H groups in total. The van der Waals surface area contributed by atoms with Crippen LogP contribution in [0.4, 0.5) is 0 Å². The van der Waals surface area contributed by atoms with Gasteiger partial charge in [-0.15, -0.1) is 0 Å².